The second-order valence-corrected chi connectivity index (χ2v) is 12.1. The van der Waals surface area contributed by atoms with Crippen molar-refractivity contribution in [3.63, 3.8) is 0 Å². The molecule has 10 heteroatoms. The molecule has 0 saturated heterocycles. The molecule has 2 aromatic carbocycles. The third kappa shape index (κ3) is 15.0. The first-order chi connectivity index (χ1) is 22.6. The molecule has 260 valence electrons. The lowest BCUT2D eigenvalue weighted by atomic mass is 9.64. The van der Waals surface area contributed by atoms with Gasteiger partial charge in [-0.2, -0.15) is 0 Å². The molecule has 0 N–H and O–H groups in total. The molecule has 0 saturated carbocycles. The Labute approximate surface area is 280 Å². The van der Waals surface area contributed by atoms with Crippen LogP contribution >= 0.6 is 0 Å². The Morgan fingerprint density at radius 1 is 0.681 bits per heavy atom. The molecule has 0 aromatic heterocycles. The van der Waals surface area contributed by atoms with Crippen molar-refractivity contribution in [2.45, 2.75) is 116 Å². The van der Waals surface area contributed by atoms with Crippen LogP contribution < -0.4 is 0 Å². The molecule has 1 aliphatic rings. The van der Waals surface area contributed by atoms with Crippen LogP contribution in [0.25, 0.3) is 0 Å². The highest BCUT2D eigenvalue weighted by Gasteiger charge is 2.51. The summed E-state index contributed by atoms with van der Waals surface area (Å²) >= 11 is 0. The summed E-state index contributed by atoms with van der Waals surface area (Å²) in [5.41, 5.74) is -0.593. The van der Waals surface area contributed by atoms with Gasteiger partial charge in [-0.3, -0.25) is 30.3 Å². The highest BCUT2D eigenvalue weighted by molar-refractivity contribution is 5.51. The van der Waals surface area contributed by atoms with Crippen LogP contribution in [-0.2, 0) is 10.2 Å². The van der Waals surface area contributed by atoms with Crippen LogP contribution in [0.4, 0.5) is 11.4 Å². The molecule has 2 atom stereocenters. The molecular weight excluding hydrogens is 598 g/mol. The van der Waals surface area contributed by atoms with E-state index < -0.39 is 21.3 Å². The Balaban J connectivity index is 0.000000380. The van der Waals surface area contributed by atoms with E-state index >= 15 is 0 Å². The number of nitrogens with zero attached hydrogens (tertiary/aromatic N) is 3. The van der Waals surface area contributed by atoms with E-state index in [0.717, 1.165) is 13.2 Å². The summed E-state index contributed by atoms with van der Waals surface area (Å²) in [6.45, 7) is 10.2. The first kappa shape index (κ1) is 41.1. The number of para-hydroxylation sites is 2. The van der Waals surface area contributed by atoms with Crippen LogP contribution in [0.15, 0.2) is 78.9 Å². The van der Waals surface area contributed by atoms with Gasteiger partial charge in [0.05, 0.1) is 15.3 Å². The van der Waals surface area contributed by atoms with E-state index in [1.165, 1.54) is 101 Å². The van der Waals surface area contributed by atoms with E-state index in [2.05, 4.69) is 13.8 Å². The first-order valence-electron chi connectivity index (χ1n) is 17.1. The summed E-state index contributed by atoms with van der Waals surface area (Å²) in [5, 5.41) is 32.8. The number of nitro benzene ring substituents is 2. The van der Waals surface area contributed by atoms with Crippen molar-refractivity contribution < 1.29 is 19.5 Å². The van der Waals surface area contributed by atoms with Crippen LogP contribution in [0.5, 0.6) is 0 Å². The third-order valence-corrected chi connectivity index (χ3v) is 8.27. The van der Waals surface area contributed by atoms with Gasteiger partial charge >= 0.3 is 0 Å². The molecule has 0 heterocycles. The fourth-order valence-corrected chi connectivity index (χ4v) is 5.60. The van der Waals surface area contributed by atoms with Gasteiger partial charge < -0.3 is 4.74 Å². The topological polar surface area (TPSA) is 139 Å². The maximum atomic E-state index is 11.5. The Hall–Kier alpha value is -3.92. The number of hydrogen-bond donors (Lipinski definition) is 0. The van der Waals surface area contributed by atoms with Gasteiger partial charge in [-0.1, -0.05) is 147 Å². The van der Waals surface area contributed by atoms with E-state index in [0.29, 0.717) is 5.56 Å². The van der Waals surface area contributed by atoms with Gasteiger partial charge in [-0.25, -0.2) is 0 Å². The highest BCUT2D eigenvalue weighted by atomic mass is 16.6. The molecule has 0 bridgehead atoms. The maximum Gasteiger partial charge on any atom is 0.273 e. The molecule has 2 aromatic rings. The predicted octanol–water partition coefficient (Wildman–Crippen LogP) is 10.6. The summed E-state index contributed by atoms with van der Waals surface area (Å²) in [6, 6.07) is 13.2. The lowest BCUT2D eigenvalue weighted by Crippen LogP contribution is -2.47. The van der Waals surface area contributed by atoms with Gasteiger partial charge in [0, 0.05) is 41.9 Å². The fourth-order valence-electron chi connectivity index (χ4n) is 5.60. The van der Waals surface area contributed by atoms with Gasteiger partial charge in [0.2, 0.25) is 6.04 Å². The van der Waals surface area contributed by atoms with Crippen molar-refractivity contribution in [3.8, 4) is 0 Å². The second-order valence-electron chi connectivity index (χ2n) is 12.1. The normalized spacial score (nSPS) is 16.5. The summed E-state index contributed by atoms with van der Waals surface area (Å²) in [7, 11) is 0. The van der Waals surface area contributed by atoms with Crippen LogP contribution in [-0.4, -0.2) is 34.0 Å². The third-order valence-electron chi connectivity index (χ3n) is 8.27. The van der Waals surface area contributed by atoms with Crippen LogP contribution in [0.3, 0.4) is 0 Å². The quantitative estimate of drug-likeness (QED) is 0.0834. The molecule has 10 nitrogen and oxygen atoms in total. The zero-order valence-electron chi connectivity index (χ0n) is 28.8. The van der Waals surface area contributed by atoms with Crippen molar-refractivity contribution >= 4 is 11.4 Å². The van der Waals surface area contributed by atoms with Gasteiger partial charge in [-0.05, 0) is 24.8 Å². The highest BCUT2D eigenvalue weighted by Crippen LogP contribution is 2.44. The molecule has 47 heavy (non-hydrogen) atoms. The Morgan fingerprint density at radius 2 is 1.19 bits per heavy atom. The smallest absolute Gasteiger partial charge is 0.273 e. The van der Waals surface area contributed by atoms with Gasteiger partial charge in [0.15, 0.2) is 0 Å². The second kappa shape index (κ2) is 24.3. The van der Waals surface area contributed by atoms with Crippen molar-refractivity contribution in [2.24, 2.45) is 5.92 Å². The molecule has 0 aliphatic heterocycles. The average Bonchev–Trinajstić information content (AvgIpc) is 3.07. The number of hydrogen-bond acceptors (Lipinski definition) is 7. The monoisotopic (exact) mass is 653 g/mol. The van der Waals surface area contributed by atoms with Crippen molar-refractivity contribution in [2.75, 3.05) is 13.2 Å². The lowest BCUT2D eigenvalue weighted by molar-refractivity contribution is -0.521. The van der Waals surface area contributed by atoms with Gasteiger partial charge in [-0.15, -0.1) is 0 Å². The molecule has 2 unspecified atom stereocenters. The zero-order valence-corrected chi connectivity index (χ0v) is 28.8. The Kier molecular flexibility index (Phi) is 21.2. The predicted molar refractivity (Wildman–Crippen MR) is 189 cm³/mol. The Morgan fingerprint density at radius 3 is 1.66 bits per heavy atom. The molecule has 0 amide bonds. The molecule has 0 radical (unpaired) electrons. The summed E-state index contributed by atoms with van der Waals surface area (Å²) in [6.07, 6.45) is 22.9. The van der Waals surface area contributed by atoms with E-state index in [9.17, 15) is 30.3 Å². The number of non-ortho nitro benzene ring substituents is 1. The van der Waals surface area contributed by atoms with Crippen molar-refractivity contribution in [1.82, 2.24) is 0 Å². The number of benzene rings is 2. The molecule has 3 rings (SSSR count). The van der Waals surface area contributed by atoms with Crippen LogP contribution in [0.2, 0.25) is 0 Å². The standard InChI is InChI=1S/C16H34O.C15H16N2O4.C6H5NO2/c1-3-5-7-9-11-13-15-17-16-14-12-10-8-6-4-2;1-11(2)15(10-6-5-9-14(15)17(20)21)12-7-3-4-8-13(12)16(18)19;8-7(9)6-4-2-1-3-5-6/h3-16H2,1-2H3;3-11,14H,1-2H3;1-5H. The summed E-state index contributed by atoms with van der Waals surface area (Å²) < 4.78 is 5.65. The van der Waals surface area contributed by atoms with E-state index in [1.807, 2.05) is 13.8 Å². The van der Waals surface area contributed by atoms with Gasteiger partial charge in [0.25, 0.3) is 11.4 Å². The van der Waals surface area contributed by atoms with Crippen molar-refractivity contribution in [1.29, 1.82) is 0 Å². The first-order valence-corrected chi connectivity index (χ1v) is 17.1. The Bertz CT molecular complexity index is 1220. The molecule has 1 aliphatic carbocycles. The van der Waals surface area contributed by atoms with E-state index in [-0.39, 0.29) is 22.2 Å². The van der Waals surface area contributed by atoms with Gasteiger partial charge in [0.1, 0.15) is 0 Å². The minimum Gasteiger partial charge on any atom is -0.381 e. The number of unbranched alkanes of at least 4 members (excludes halogenated alkanes) is 10. The number of ether oxygens (including phenoxy) is 1. The van der Waals surface area contributed by atoms with Crippen LogP contribution in [0, 0.1) is 36.3 Å². The van der Waals surface area contributed by atoms with E-state index in [1.54, 1.807) is 54.6 Å². The minimum atomic E-state index is -1.03. The number of nitro groups is 3. The summed E-state index contributed by atoms with van der Waals surface area (Å²) in [4.78, 5) is 31.5. The van der Waals surface area contributed by atoms with E-state index in [4.69, 9.17) is 4.74 Å². The molecule has 0 spiro atoms. The van der Waals surface area contributed by atoms with Crippen LogP contribution in [0.1, 0.15) is 110 Å². The number of allylic oxidation sites excluding steroid dienone is 2. The SMILES string of the molecule is CC(C)C1(c2ccccc2[N+](=O)[O-])C=CC=CC1[N+](=O)[O-].CCCCCCCCOCCCCCCCC.O=[N+]([O-])c1ccccc1. The minimum absolute atomic E-state index is 0.0852. The van der Waals surface area contributed by atoms with Crippen molar-refractivity contribution in [3.05, 3.63) is 115 Å². The zero-order chi connectivity index (χ0) is 34.9. The summed E-state index contributed by atoms with van der Waals surface area (Å²) in [5.74, 6) is -0.171. The average molecular weight is 654 g/mol. The molecular formula is C37H55N3O7. The maximum absolute atomic E-state index is 11.5. The largest absolute Gasteiger partial charge is 0.381 e. The number of rotatable bonds is 19. The lowest BCUT2D eigenvalue weighted by Gasteiger charge is -2.36. The fraction of sp³-hybridized carbons (Fsp3) is 0.568. The molecule has 0 fully saturated rings.